The number of carbonyl (C=O) groups is 1. The highest BCUT2D eigenvalue weighted by Gasteiger charge is 2.24. The maximum absolute atomic E-state index is 12.9. The number of H-pyrrole nitrogens is 1. The van der Waals surface area contributed by atoms with Crippen LogP contribution in [0.2, 0.25) is 0 Å². The Hall–Kier alpha value is -2.17. The fraction of sp³-hybridized carbons (Fsp3) is 0.412. The molecule has 4 nitrogen and oxygen atoms in total. The molecule has 116 valence electrons. The van der Waals surface area contributed by atoms with Crippen LogP contribution in [0.25, 0.3) is 0 Å². The van der Waals surface area contributed by atoms with Gasteiger partial charge in [0.25, 0.3) is 5.91 Å². The van der Waals surface area contributed by atoms with Crippen LogP contribution in [0.4, 0.5) is 4.39 Å². The Bertz CT molecular complexity index is 609. The Balaban J connectivity index is 1.54. The Labute approximate surface area is 129 Å². The second-order valence-corrected chi connectivity index (χ2v) is 5.89. The van der Waals surface area contributed by atoms with Gasteiger partial charge < -0.3 is 4.90 Å². The molecular formula is C17H20FN3O. The van der Waals surface area contributed by atoms with Gasteiger partial charge in [-0.2, -0.15) is 5.10 Å². The zero-order chi connectivity index (χ0) is 15.4. The van der Waals surface area contributed by atoms with E-state index in [2.05, 4.69) is 10.2 Å². The molecule has 0 bridgehead atoms. The lowest BCUT2D eigenvalue weighted by molar-refractivity contribution is 0.0662. The van der Waals surface area contributed by atoms with Gasteiger partial charge in [-0.25, -0.2) is 4.39 Å². The number of aryl methyl sites for hydroxylation is 1. The molecule has 1 aromatic heterocycles. The number of nitrogens with zero attached hydrogens (tertiary/aromatic N) is 2. The third kappa shape index (κ3) is 3.53. The van der Waals surface area contributed by atoms with Crippen LogP contribution in [0.15, 0.2) is 36.5 Å². The largest absolute Gasteiger partial charge is 0.337 e. The maximum Gasteiger partial charge on any atom is 0.271 e. The zero-order valence-corrected chi connectivity index (χ0v) is 12.5. The normalized spacial score (nSPS) is 18.4. The molecular weight excluding hydrogens is 281 g/mol. The summed E-state index contributed by atoms with van der Waals surface area (Å²) in [4.78, 5) is 14.2. The predicted molar refractivity (Wildman–Crippen MR) is 81.9 cm³/mol. The van der Waals surface area contributed by atoms with Gasteiger partial charge in [0.1, 0.15) is 11.5 Å². The minimum absolute atomic E-state index is 0.0315. The van der Waals surface area contributed by atoms with E-state index in [1.807, 2.05) is 17.0 Å². The van der Waals surface area contributed by atoms with E-state index in [1.54, 1.807) is 12.3 Å². The van der Waals surface area contributed by atoms with Gasteiger partial charge >= 0.3 is 0 Å². The summed E-state index contributed by atoms with van der Waals surface area (Å²) < 4.78 is 12.9. The van der Waals surface area contributed by atoms with Gasteiger partial charge in [0, 0.05) is 19.3 Å². The number of piperidine rings is 1. The van der Waals surface area contributed by atoms with Gasteiger partial charge in [0.05, 0.1) is 0 Å². The summed E-state index contributed by atoms with van der Waals surface area (Å²) in [6.07, 6.45) is 5.74. The van der Waals surface area contributed by atoms with Crippen molar-refractivity contribution in [2.45, 2.75) is 25.7 Å². The summed E-state index contributed by atoms with van der Waals surface area (Å²) in [7, 11) is 0. The van der Waals surface area contributed by atoms with Crippen molar-refractivity contribution in [2.24, 2.45) is 5.92 Å². The highest BCUT2D eigenvalue weighted by atomic mass is 19.1. The number of aromatic amines is 1. The summed E-state index contributed by atoms with van der Waals surface area (Å²) in [5, 5.41) is 6.57. The third-order valence-corrected chi connectivity index (χ3v) is 4.29. The van der Waals surface area contributed by atoms with Gasteiger partial charge in [-0.05, 0) is 55.4 Å². The number of halogens is 1. The minimum Gasteiger partial charge on any atom is -0.337 e. The Morgan fingerprint density at radius 2 is 2.14 bits per heavy atom. The summed E-state index contributed by atoms with van der Waals surface area (Å²) in [6, 6.07) is 8.40. The number of nitrogens with one attached hydrogen (secondary N) is 1. The Morgan fingerprint density at radius 1 is 1.32 bits per heavy atom. The number of benzene rings is 1. The van der Waals surface area contributed by atoms with E-state index in [9.17, 15) is 9.18 Å². The van der Waals surface area contributed by atoms with Crippen LogP contribution in [0.5, 0.6) is 0 Å². The summed E-state index contributed by atoms with van der Waals surface area (Å²) in [6.45, 7) is 1.60. The molecule has 22 heavy (non-hydrogen) atoms. The van der Waals surface area contributed by atoms with Crippen molar-refractivity contribution in [2.75, 3.05) is 13.1 Å². The number of rotatable bonds is 4. The van der Waals surface area contributed by atoms with Crippen LogP contribution in [0.3, 0.4) is 0 Å². The van der Waals surface area contributed by atoms with E-state index < -0.39 is 0 Å². The first-order valence-corrected chi connectivity index (χ1v) is 7.75. The Kier molecular flexibility index (Phi) is 4.51. The molecule has 1 atom stereocenters. The second kappa shape index (κ2) is 6.73. The summed E-state index contributed by atoms with van der Waals surface area (Å²) >= 11 is 0. The predicted octanol–water partition coefficient (Wildman–Crippen LogP) is 3.03. The monoisotopic (exact) mass is 301 g/mol. The first-order chi connectivity index (χ1) is 10.7. The first kappa shape index (κ1) is 14.8. The number of amides is 1. The van der Waals surface area contributed by atoms with Crippen molar-refractivity contribution >= 4 is 5.91 Å². The van der Waals surface area contributed by atoms with Crippen LogP contribution in [0, 0.1) is 11.7 Å². The maximum atomic E-state index is 12.9. The van der Waals surface area contributed by atoms with Crippen LogP contribution in [-0.4, -0.2) is 34.1 Å². The molecule has 1 N–H and O–H groups in total. The van der Waals surface area contributed by atoms with Crippen LogP contribution < -0.4 is 0 Å². The standard InChI is InChI=1S/C17H20FN3O/c18-15-7-5-13(6-8-15)3-4-14-2-1-11-21(12-14)17(22)16-9-10-19-20-16/h5-10,14H,1-4,11-12H2,(H,19,20). The molecule has 5 heteroatoms. The molecule has 0 aliphatic carbocycles. The van der Waals surface area contributed by atoms with E-state index in [0.717, 1.165) is 44.3 Å². The van der Waals surface area contributed by atoms with Crippen molar-refractivity contribution in [3.8, 4) is 0 Å². The quantitative estimate of drug-likeness (QED) is 0.943. The molecule has 1 aliphatic rings. The van der Waals surface area contributed by atoms with Gasteiger partial charge in [-0.15, -0.1) is 0 Å². The van der Waals surface area contributed by atoms with Crippen molar-refractivity contribution < 1.29 is 9.18 Å². The number of hydrogen-bond acceptors (Lipinski definition) is 2. The lowest BCUT2D eigenvalue weighted by atomic mass is 9.91. The molecule has 1 unspecified atom stereocenters. The van der Waals surface area contributed by atoms with E-state index in [-0.39, 0.29) is 11.7 Å². The molecule has 2 aromatic rings. The highest BCUT2D eigenvalue weighted by Crippen LogP contribution is 2.22. The van der Waals surface area contributed by atoms with E-state index in [4.69, 9.17) is 0 Å². The molecule has 1 saturated heterocycles. The topological polar surface area (TPSA) is 49.0 Å². The molecule has 1 aliphatic heterocycles. The number of carbonyl (C=O) groups excluding carboxylic acids is 1. The molecule has 0 saturated carbocycles. The SMILES string of the molecule is O=C(c1ccn[nH]1)N1CCCC(CCc2ccc(F)cc2)C1. The van der Waals surface area contributed by atoms with Crippen molar-refractivity contribution in [1.82, 2.24) is 15.1 Å². The number of aromatic nitrogens is 2. The van der Waals surface area contributed by atoms with Crippen LogP contribution >= 0.6 is 0 Å². The van der Waals surface area contributed by atoms with Crippen LogP contribution in [0.1, 0.15) is 35.3 Å². The fourth-order valence-corrected chi connectivity index (χ4v) is 3.05. The van der Waals surface area contributed by atoms with Crippen molar-refractivity contribution in [1.29, 1.82) is 0 Å². The molecule has 0 radical (unpaired) electrons. The smallest absolute Gasteiger partial charge is 0.271 e. The Morgan fingerprint density at radius 3 is 2.86 bits per heavy atom. The van der Waals surface area contributed by atoms with E-state index in [1.165, 1.54) is 12.1 Å². The highest BCUT2D eigenvalue weighted by molar-refractivity contribution is 5.92. The van der Waals surface area contributed by atoms with E-state index in [0.29, 0.717) is 11.6 Å². The van der Waals surface area contributed by atoms with Crippen LogP contribution in [-0.2, 0) is 6.42 Å². The van der Waals surface area contributed by atoms with Gasteiger partial charge in [0.15, 0.2) is 0 Å². The molecule has 1 fully saturated rings. The average molecular weight is 301 g/mol. The van der Waals surface area contributed by atoms with Crippen molar-refractivity contribution in [3.05, 3.63) is 53.6 Å². The molecule has 0 spiro atoms. The van der Waals surface area contributed by atoms with E-state index >= 15 is 0 Å². The van der Waals surface area contributed by atoms with Gasteiger partial charge in [-0.1, -0.05) is 12.1 Å². The molecule has 1 amide bonds. The second-order valence-electron chi connectivity index (χ2n) is 5.89. The number of hydrogen-bond donors (Lipinski definition) is 1. The summed E-state index contributed by atoms with van der Waals surface area (Å²) in [5.74, 6) is 0.340. The molecule has 3 rings (SSSR count). The lowest BCUT2D eigenvalue weighted by Crippen LogP contribution is -2.40. The lowest BCUT2D eigenvalue weighted by Gasteiger charge is -2.32. The fourth-order valence-electron chi connectivity index (χ4n) is 3.05. The average Bonchev–Trinajstić information content (AvgIpc) is 3.08. The minimum atomic E-state index is -0.197. The molecule has 2 heterocycles. The van der Waals surface area contributed by atoms with Crippen molar-refractivity contribution in [3.63, 3.8) is 0 Å². The van der Waals surface area contributed by atoms with Gasteiger partial charge in [0.2, 0.25) is 0 Å². The van der Waals surface area contributed by atoms with Gasteiger partial charge in [-0.3, -0.25) is 9.89 Å². The first-order valence-electron chi connectivity index (χ1n) is 7.75. The summed E-state index contributed by atoms with van der Waals surface area (Å²) in [5.41, 5.74) is 1.71. The number of likely N-dealkylation sites (tertiary alicyclic amines) is 1. The molecule has 1 aromatic carbocycles. The third-order valence-electron chi connectivity index (χ3n) is 4.29. The zero-order valence-electron chi connectivity index (χ0n) is 12.5.